The van der Waals surface area contributed by atoms with Gasteiger partial charge in [-0.15, -0.1) is 0 Å². The van der Waals surface area contributed by atoms with Gasteiger partial charge < -0.3 is 15.7 Å². The number of aromatic nitrogens is 3. The number of carbonyl (C=O) groups excluding carboxylic acids is 2. The Kier molecular flexibility index (Phi) is 8.67. The number of nitrogens with two attached hydrogens (primary N) is 1. The molecule has 8 nitrogen and oxygen atoms in total. The van der Waals surface area contributed by atoms with Crippen LogP contribution < -0.4 is 5.73 Å². The number of carbonyl (C=O) groups is 2. The highest BCUT2D eigenvalue weighted by molar-refractivity contribution is 5.86. The molecule has 0 aliphatic heterocycles. The lowest BCUT2D eigenvalue weighted by atomic mass is 9.87. The SMILES string of the molecule is CC(=O)N(CCCc1cc(-c2ccncc2)nn1-c1ccc(C(C)(C)C)cc1)[C@@H](Cc1ccc(O)cc1)C(N)=O. The summed E-state index contributed by atoms with van der Waals surface area (Å²) in [5.74, 6) is -0.642. The Hall–Kier alpha value is -4.46. The number of nitrogens with zero attached hydrogens (tertiary/aromatic N) is 4. The van der Waals surface area contributed by atoms with Crippen molar-refractivity contribution in [1.29, 1.82) is 0 Å². The predicted octanol–water partition coefficient (Wildman–Crippen LogP) is 4.82. The Balaban J connectivity index is 1.57. The van der Waals surface area contributed by atoms with Crippen molar-refractivity contribution in [2.24, 2.45) is 5.73 Å². The quantitative estimate of drug-likeness (QED) is 0.300. The zero-order valence-corrected chi connectivity index (χ0v) is 23.5. The van der Waals surface area contributed by atoms with E-state index in [0.717, 1.165) is 28.2 Å². The van der Waals surface area contributed by atoms with Gasteiger partial charge in [0.25, 0.3) is 0 Å². The van der Waals surface area contributed by atoms with Crippen LogP contribution in [0.15, 0.2) is 79.1 Å². The number of phenolic OH excluding ortho intramolecular Hbond substituents is 1. The van der Waals surface area contributed by atoms with Gasteiger partial charge in [0, 0.05) is 43.5 Å². The number of benzene rings is 2. The van der Waals surface area contributed by atoms with E-state index in [1.165, 1.54) is 17.4 Å². The van der Waals surface area contributed by atoms with Gasteiger partial charge in [0.2, 0.25) is 11.8 Å². The molecule has 1 atom stereocenters. The number of phenols is 1. The van der Waals surface area contributed by atoms with E-state index in [4.69, 9.17) is 10.8 Å². The maximum atomic E-state index is 12.6. The van der Waals surface area contributed by atoms with Crippen LogP contribution in [0.25, 0.3) is 16.9 Å². The Morgan fingerprint density at radius 3 is 2.23 bits per heavy atom. The summed E-state index contributed by atoms with van der Waals surface area (Å²) in [7, 11) is 0. The zero-order valence-electron chi connectivity index (χ0n) is 23.5. The van der Waals surface area contributed by atoms with E-state index in [1.807, 2.05) is 16.8 Å². The summed E-state index contributed by atoms with van der Waals surface area (Å²) in [6.45, 7) is 8.37. The molecule has 4 rings (SSSR count). The van der Waals surface area contributed by atoms with Crippen LogP contribution in [0, 0.1) is 0 Å². The smallest absolute Gasteiger partial charge is 0.240 e. The first kappa shape index (κ1) is 28.5. The van der Waals surface area contributed by atoms with Crippen molar-refractivity contribution in [3.05, 3.63) is 95.9 Å². The first-order chi connectivity index (χ1) is 19.0. The second-order valence-corrected chi connectivity index (χ2v) is 11.1. The molecule has 2 aromatic carbocycles. The average Bonchev–Trinajstić information content (AvgIpc) is 3.35. The van der Waals surface area contributed by atoms with Gasteiger partial charge in [0.1, 0.15) is 11.8 Å². The van der Waals surface area contributed by atoms with Crippen LogP contribution in [-0.4, -0.2) is 49.2 Å². The lowest BCUT2D eigenvalue weighted by Gasteiger charge is -2.29. The molecule has 4 aromatic rings. The molecule has 2 amide bonds. The molecule has 208 valence electrons. The molecule has 0 unspecified atom stereocenters. The van der Waals surface area contributed by atoms with Gasteiger partial charge in [-0.25, -0.2) is 4.68 Å². The molecule has 0 saturated heterocycles. The van der Waals surface area contributed by atoms with Gasteiger partial charge in [0.15, 0.2) is 0 Å². The second-order valence-electron chi connectivity index (χ2n) is 11.1. The van der Waals surface area contributed by atoms with Crippen molar-refractivity contribution in [3.63, 3.8) is 0 Å². The average molecular weight is 540 g/mol. The number of aryl methyl sites for hydroxylation is 1. The molecule has 0 spiro atoms. The molecule has 2 heterocycles. The maximum Gasteiger partial charge on any atom is 0.240 e. The Morgan fingerprint density at radius 2 is 1.65 bits per heavy atom. The fourth-order valence-corrected chi connectivity index (χ4v) is 4.77. The monoisotopic (exact) mass is 539 g/mol. The molecular weight excluding hydrogens is 502 g/mol. The van der Waals surface area contributed by atoms with Crippen molar-refractivity contribution >= 4 is 11.8 Å². The summed E-state index contributed by atoms with van der Waals surface area (Å²) in [5, 5.41) is 14.5. The van der Waals surface area contributed by atoms with Gasteiger partial charge in [-0.2, -0.15) is 5.10 Å². The maximum absolute atomic E-state index is 12.6. The largest absolute Gasteiger partial charge is 0.508 e. The summed E-state index contributed by atoms with van der Waals surface area (Å²) in [5.41, 5.74) is 11.6. The predicted molar refractivity (Wildman–Crippen MR) is 156 cm³/mol. The fourth-order valence-electron chi connectivity index (χ4n) is 4.77. The van der Waals surface area contributed by atoms with Crippen LogP contribution in [-0.2, 0) is 27.8 Å². The van der Waals surface area contributed by atoms with Crippen molar-refractivity contribution < 1.29 is 14.7 Å². The van der Waals surface area contributed by atoms with Crippen LogP contribution in [0.1, 0.15) is 50.9 Å². The van der Waals surface area contributed by atoms with Gasteiger partial charge in [-0.1, -0.05) is 45.0 Å². The molecule has 0 aliphatic carbocycles. The Bertz CT molecular complexity index is 1440. The Labute approximate surface area is 235 Å². The minimum absolute atomic E-state index is 0.0426. The highest BCUT2D eigenvalue weighted by atomic mass is 16.3. The van der Waals surface area contributed by atoms with E-state index in [9.17, 15) is 14.7 Å². The van der Waals surface area contributed by atoms with Crippen LogP contribution in [0.4, 0.5) is 0 Å². The molecule has 2 aromatic heterocycles. The second kappa shape index (κ2) is 12.2. The summed E-state index contributed by atoms with van der Waals surface area (Å²) in [6.07, 6.45) is 5.01. The topological polar surface area (TPSA) is 114 Å². The fraction of sp³-hybridized carbons (Fsp3) is 0.312. The molecule has 0 radical (unpaired) electrons. The lowest BCUT2D eigenvalue weighted by Crippen LogP contribution is -2.48. The van der Waals surface area contributed by atoms with Crippen molar-refractivity contribution in [2.75, 3.05) is 6.54 Å². The highest BCUT2D eigenvalue weighted by Gasteiger charge is 2.26. The van der Waals surface area contributed by atoms with Crippen molar-refractivity contribution in [1.82, 2.24) is 19.7 Å². The number of hydrogen-bond acceptors (Lipinski definition) is 5. The number of pyridine rings is 1. The normalized spacial score (nSPS) is 12.2. The minimum Gasteiger partial charge on any atom is -0.508 e. The van der Waals surface area contributed by atoms with Crippen LogP contribution in [0.2, 0.25) is 0 Å². The number of aromatic hydroxyl groups is 1. The molecule has 8 heteroatoms. The molecular formula is C32H37N5O3. The van der Waals surface area contributed by atoms with E-state index in [2.05, 4.69) is 56.1 Å². The van der Waals surface area contributed by atoms with Crippen LogP contribution >= 0.6 is 0 Å². The number of rotatable bonds is 10. The summed E-state index contributed by atoms with van der Waals surface area (Å²) < 4.78 is 1.95. The lowest BCUT2D eigenvalue weighted by molar-refractivity contribution is -0.137. The molecule has 3 N–H and O–H groups in total. The van der Waals surface area contributed by atoms with Crippen molar-refractivity contribution in [3.8, 4) is 22.7 Å². The Morgan fingerprint density at radius 1 is 1.00 bits per heavy atom. The summed E-state index contributed by atoms with van der Waals surface area (Å²) in [6, 6.07) is 20.1. The molecule has 0 fully saturated rings. The highest BCUT2D eigenvalue weighted by Crippen LogP contribution is 2.26. The molecule has 0 saturated carbocycles. The molecule has 0 bridgehead atoms. The van der Waals surface area contributed by atoms with Crippen LogP contribution in [0.5, 0.6) is 5.75 Å². The van der Waals surface area contributed by atoms with E-state index in [1.54, 1.807) is 36.7 Å². The first-order valence-corrected chi connectivity index (χ1v) is 13.5. The standard InChI is InChI=1S/C32H37N5O3/c1-22(38)36(30(31(33)40)20-23-7-13-28(39)14-8-23)19-5-6-27-21-29(24-15-17-34-18-16-24)35-37(27)26-11-9-25(10-12-26)32(2,3)4/h7-18,21,30,39H,5-6,19-20H2,1-4H3,(H2,33,40)/t30-/m0/s1. The third kappa shape index (κ3) is 6.94. The van der Waals surface area contributed by atoms with Crippen LogP contribution in [0.3, 0.4) is 0 Å². The first-order valence-electron chi connectivity index (χ1n) is 13.5. The summed E-state index contributed by atoms with van der Waals surface area (Å²) in [4.78, 5) is 30.7. The minimum atomic E-state index is -0.788. The molecule has 0 aliphatic rings. The number of hydrogen-bond donors (Lipinski definition) is 2. The van der Waals surface area contributed by atoms with Gasteiger partial charge in [-0.05, 0) is 71.8 Å². The van der Waals surface area contributed by atoms with E-state index in [-0.39, 0.29) is 23.5 Å². The van der Waals surface area contributed by atoms with Crippen molar-refractivity contribution in [2.45, 2.75) is 58.4 Å². The third-order valence-electron chi connectivity index (χ3n) is 7.04. The van der Waals surface area contributed by atoms with E-state index >= 15 is 0 Å². The van der Waals surface area contributed by atoms with E-state index in [0.29, 0.717) is 19.4 Å². The zero-order chi connectivity index (χ0) is 28.9. The number of primary amides is 1. The number of amides is 2. The van der Waals surface area contributed by atoms with E-state index < -0.39 is 11.9 Å². The third-order valence-corrected chi connectivity index (χ3v) is 7.04. The van der Waals surface area contributed by atoms with Gasteiger partial charge in [-0.3, -0.25) is 14.6 Å². The van der Waals surface area contributed by atoms with Gasteiger partial charge >= 0.3 is 0 Å². The summed E-state index contributed by atoms with van der Waals surface area (Å²) >= 11 is 0. The van der Waals surface area contributed by atoms with Gasteiger partial charge in [0.05, 0.1) is 11.4 Å². The molecule has 40 heavy (non-hydrogen) atoms.